The lowest BCUT2D eigenvalue weighted by Gasteiger charge is -2.31. The monoisotopic (exact) mass is 529 g/mol. The third-order valence-electron chi connectivity index (χ3n) is 4.77. The van der Waals surface area contributed by atoms with Crippen LogP contribution in [0.25, 0.3) is 0 Å². The van der Waals surface area contributed by atoms with E-state index in [0.717, 1.165) is 5.56 Å². The second-order valence-corrected chi connectivity index (χ2v) is 7.24. The standard InChI is InChI=1S/C20H30F3N3O2.HI/c1-3-24-19(26-16-9-7-15(8-10-16)20(21,22)23)25-12-17(27)13-28-18-6-4-5-14(2)11-18;/h4-6,11,15-17,27H,3,7-10,12-13H2,1-2H3,(H2,24,25,26);1H. The van der Waals surface area contributed by atoms with Crippen molar-refractivity contribution < 1.29 is 23.0 Å². The molecule has 1 fully saturated rings. The minimum absolute atomic E-state index is 0. The van der Waals surface area contributed by atoms with Crippen molar-refractivity contribution in [2.75, 3.05) is 19.7 Å². The molecule has 0 heterocycles. The van der Waals surface area contributed by atoms with Gasteiger partial charge < -0.3 is 20.5 Å². The van der Waals surface area contributed by atoms with E-state index in [4.69, 9.17) is 4.74 Å². The zero-order valence-corrected chi connectivity index (χ0v) is 19.2. The number of benzene rings is 1. The van der Waals surface area contributed by atoms with Crippen molar-refractivity contribution in [2.45, 2.75) is 57.9 Å². The van der Waals surface area contributed by atoms with E-state index in [9.17, 15) is 18.3 Å². The van der Waals surface area contributed by atoms with Crippen LogP contribution in [-0.4, -0.2) is 49.1 Å². The number of ether oxygens (including phenoxy) is 1. The number of rotatable bonds is 7. The van der Waals surface area contributed by atoms with Crippen LogP contribution in [0.15, 0.2) is 29.3 Å². The highest BCUT2D eigenvalue weighted by molar-refractivity contribution is 14.0. The number of aliphatic hydroxyl groups is 1. The highest BCUT2D eigenvalue weighted by Crippen LogP contribution is 2.37. The maximum absolute atomic E-state index is 12.8. The van der Waals surface area contributed by atoms with Crippen molar-refractivity contribution in [1.29, 1.82) is 0 Å². The Balaban J connectivity index is 0.00000420. The van der Waals surface area contributed by atoms with Crippen LogP contribution in [-0.2, 0) is 0 Å². The molecule has 1 aliphatic rings. The first kappa shape index (κ1) is 25.8. The van der Waals surface area contributed by atoms with Crippen LogP contribution < -0.4 is 15.4 Å². The predicted molar refractivity (Wildman–Crippen MR) is 119 cm³/mol. The Morgan fingerprint density at radius 1 is 1.28 bits per heavy atom. The summed E-state index contributed by atoms with van der Waals surface area (Å²) >= 11 is 0. The van der Waals surface area contributed by atoms with Gasteiger partial charge in [0.05, 0.1) is 12.5 Å². The summed E-state index contributed by atoms with van der Waals surface area (Å²) in [6.45, 7) is 4.75. The number of alkyl halides is 3. The largest absolute Gasteiger partial charge is 0.491 e. The van der Waals surface area contributed by atoms with Crippen LogP contribution in [0.1, 0.15) is 38.2 Å². The van der Waals surface area contributed by atoms with E-state index in [1.807, 2.05) is 38.1 Å². The fraction of sp³-hybridized carbons (Fsp3) is 0.650. The molecule has 0 spiro atoms. The summed E-state index contributed by atoms with van der Waals surface area (Å²) < 4.78 is 43.9. The van der Waals surface area contributed by atoms with E-state index in [1.54, 1.807) is 0 Å². The lowest BCUT2D eigenvalue weighted by atomic mass is 9.85. The second-order valence-electron chi connectivity index (χ2n) is 7.24. The van der Waals surface area contributed by atoms with Crippen molar-refractivity contribution in [2.24, 2.45) is 10.9 Å². The Kier molecular flexibility index (Phi) is 11.1. The number of aliphatic hydroxyl groups excluding tert-OH is 1. The predicted octanol–water partition coefficient (Wildman–Crippen LogP) is 4.03. The van der Waals surface area contributed by atoms with Crippen LogP contribution in [0, 0.1) is 12.8 Å². The number of aliphatic imine (C=N–C) groups is 1. The van der Waals surface area contributed by atoms with Crippen LogP contribution in [0.3, 0.4) is 0 Å². The molecule has 0 radical (unpaired) electrons. The Labute approximate surface area is 187 Å². The van der Waals surface area contributed by atoms with E-state index in [1.165, 1.54) is 0 Å². The first-order chi connectivity index (χ1) is 13.3. The highest BCUT2D eigenvalue weighted by Gasteiger charge is 2.41. The zero-order chi connectivity index (χ0) is 20.6. The van der Waals surface area contributed by atoms with Gasteiger partial charge in [0, 0.05) is 12.6 Å². The Bertz CT molecular complexity index is 636. The van der Waals surface area contributed by atoms with Crippen molar-refractivity contribution in [3.63, 3.8) is 0 Å². The summed E-state index contributed by atoms with van der Waals surface area (Å²) in [5, 5.41) is 16.4. The van der Waals surface area contributed by atoms with E-state index in [2.05, 4.69) is 15.6 Å². The van der Waals surface area contributed by atoms with E-state index in [0.29, 0.717) is 31.1 Å². The Morgan fingerprint density at radius 2 is 1.97 bits per heavy atom. The number of aryl methyl sites for hydroxylation is 1. The third-order valence-corrected chi connectivity index (χ3v) is 4.77. The number of guanidine groups is 1. The van der Waals surface area contributed by atoms with Crippen LogP contribution in [0.2, 0.25) is 0 Å². The highest BCUT2D eigenvalue weighted by atomic mass is 127. The van der Waals surface area contributed by atoms with Gasteiger partial charge in [0.15, 0.2) is 5.96 Å². The third kappa shape index (κ3) is 9.41. The van der Waals surface area contributed by atoms with Gasteiger partial charge in [0.1, 0.15) is 18.5 Å². The van der Waals surface area contributed by atoms with Crippen molar-refractivity contribution in [3.05, 3.63) is 29.8 Å². The molecule has 0 amide bonds. The van der Waals surface area contributed by atoms with E-state index < -0.39 is 18.2 Å². The van der Waals surface area contributed by atoms with Gasteiger partial charge in [-0.1, -0.05) is 12.1 Å². The average molecular weight is 529 g/mol. The first-order valence-electron chi connectivity index (χ1n) is 9.77. The summed E-state index contributed by atoms with van der Waals surface area (Å²) in [6, 6.07) is 7.52. The molecule has 0 aromatic heterocycles. The molecular formula is C20H31F3IN3O2. The van der Waals surface area contributed by atoms with Crippen LogP contribution >= 0.6 is 24.0 Å². The zero-order valence-electron chi connectivity index (χ0n) is 16.8. The van der Waals surface area contributed by atoms with Crippen molar-refractivity contribution in [3.8, 4) is 5.75 Å². The fourth-order valence-corrected chi connectivity index (χ4v) is 3.23. The van der Waals surface area contributed by atoms with Gasteiger partial charge in [0.25, 0.3) is 0 Å². The molecule has 166 valence electrons. The minimum Gasteiger partial charge on any atom is -0.491 e. The first-order valence-corrected chi connectivity index (χ1v) is 9.77. The summed E-state index contributed by atoms with van der Waals surface area (Å²) in [7, 11) is 0. The second kappa shape index (κ2) is 12.5. The molecule has 1 aromatic carbocycles. The van der Waals surface area contributed by atoms with Gasteiger partial charge in [-0.15, -0.1) is 24.0 Å². The molecule has 0 bridgehead atoms. The quantitative estimate of drug-likeness (QED) is 0.284. The summed E-state index contributed by atoms with van der Waals surface area (Å²) in [5.74, 6) is -0.00674. The number of hydrogen-bond donors (Lipinski definition) is 3. The number of nitrogens with zero attached hydrogens (tertiary/aromatic N) is 1. The van der Waals surface area contributed by atoms with Gasteiger partial charge in [-0.3, -0.25) is 4.99 Å². The number of nitrogens with one attached hydrogen (secondary N) is 2. The van der Waals surface area contributed by atoms with Gasteiger partial charge in [-0.25, -0.2) is 0 Å². The molecule has 2 rings (SSSR count). The van der Waals surface area contributed by atoms with Gasteiger partial charge in [0.2, 0.25) is 0 Å². The molecule has 5 nitrogen and oxygen atoms in total. The molecule has 1 saturated carbocycles. The Hall–Kier alpha value is -1.23. The molecule has 1 atom stereocenters. The lowest BCUT2D eigenvalue weighted by molar-refractivity contribution is -0.182. The van der Waals surface area contributed by atoms with Crippen LogP contribution in [0.4, 0.5) is 13.2 Å². The summed E-state index contributed by atoms with van der Waals surface area (Å²) in [5.41, 5.74) is 1.07. The molecule has 1 aromatic rings. The molecular weight excluding hydrogens is 498 g/mol. The minimum atomic E-state index is -4.11. The van der Waals surface area contributed by atoms with Gasteiger partial charge >= 0.3 is 6.18 Å². The Morgan fingerprint density at radius 3 is 2.55 bits per heavy atom. The van der Waals surface area contributed by atoms with E-state index >= 15 is 0 Å². The van der Waals surface area contributed by atoms with Crippen molar-refractivity contribution in [1.82, 2.24) is 10.6 Å². The molecule has 1 unspecified atom stereocenters. The summed E-state index contributed by atoms with van der Waals surface area (Å²) in [4.78, 5) is 4.35. The maximum atomic E-state index is 12.8. The average Bonchev–Trinajstić information content (AvgIpc) is 2.64. The summed E-state index contributed by atoms with van der Waals surface area (Å²) in [6.07, 6.45) is -3.72. The van der Waals surface area contributed by atoms with Crippen LogP contribution in [0.5, 0.6) is 5.75 Å². The van der Waals surface area contributed by atoms with E-state index in [-0.39, 0.29) is 56.0 Å². The molecule has 9 heteroatoms. The van der Waals surface area contributed by atoms with Gasteiger partial charge in [-0.2, -0.15) is 13.2 Å². The molecule has 29 heavy (non-hydrogen) atoms. The fourth-order valence-electron chi connectivity index (χ4n) is 3.23. The number of hydrogen-bond acceptors (Lipinski definition) is 3. The molecule has 3 N–H and O–H groups in total. The number of halogens is 4. The van der Waals surface area contributed by atoms with Crippen molar-refractivity contribution >= 4 is 29.9 Å². The van der Waals surface area contributed by atoms with Gasteiger partial charge in [-0.05, 0) is 57.2 Å². The molecule has 1 aliphatic carbocycles. The molecule has 0 aliphatic heterocycles. The SMILES string of the molecule is CCNC(=NCC(O)COc1cccc(C)c1)NC1CCC(C(F)(F)F)CC1.I. The molecule has 0 saturated heterocycles. The normalized spacial score (nSPS) is 21.1. The lowest BCUT2D eigenvalue weighted by Crippen LogP contribution is -2.46. The maximum Gasteiger partial charge on any atom is 0.391 e. The smallest absolute Gasteiger partial charge is 0.391 e. The topological polar surface area (TPSA) is 65.9 Å².